The van der Waals surface area contributed by atoms with Crippen molar-refractivity contribution in [3.63, 3.8) is 0 Å². The second-order valence-electron chi connectivity index (χ2n) is 3.73. The standard InChI is InChI=1S/C11H19N3O2/c1-4-14(6-5-7-15)11(16)10-8-12-13(3)9(10)2/h8,15H,4-7H2,1-3H3. The molecule has 5 nitrogen and oxygen atoms in total. The Morgan fingerprint density at radius 2 is 2.31 bits per heavy atom. The molecular weight excluding hydrogens is 206 g/mol. The van der Waals surface area contributed by atoms with Crippen LogP contribution < -0.4 is 0 Å². The van der Waals surface area contributed by atoms with E-state index in [1.54, 1.807) is 15.8 Å². The van der Waals surface area contributed by atoms with Gasteiger partial charge in [-0.3, -0.25) is 9.48 Å². The fourth-order valence-electron chi connectivity index (χ4n) is 1.54. The van der Waals surface area contributed by atoms with E-state index in [9.17, 15) is 4.79 Å². The molecule has 16 heavy (non-hydrogen) atoms. The average Bonchev–Trinajstić information content (AvgIpc) is 2.60. The fraction of sp³-hybridized carbons (Fsp3) is 0.636. The summed E-state index contributed by atoms with van der Waals surface area (Å²) < 4.78 is 1.69. The maximum absolute atomic E-state index is 12.1. The summed E-state index contributed by atoms with van der Waals surface area (Å²) in [5.41, 5.74) is 1.51. The lowest BCUT2D eigenvalue weighted by atomic mass is 10.2. The minimum absolute atomic E-state index is 0.0125. The van der Waals surface area contributed by atoms with Crippen LogP contribution >= 0.6 is 0 Å². The van der Waals surface area contributed by atoms with Gasteiger partial charge in [0.25, 0.3) is 5.91 Å². The van der Waals surface area contributed by atoms with Crippen LogP contribution in [0.15, 0.2) is 6.20 Å². The number of nitrogens with zero attached hydrogens (tertiary/aromatic N) is 3. The Morgan fingerprint density at radius 1 is 1.62 bits per heavy atom. The molecule has 0 aliphatic carbocycles. The summed E-state index contributed by atoms with van der Waals surface area (Å²) in [6.45, 7) is 5.14. The molecule has 0 bridgehead atoms. The Hall–Kier alpha value is -1.36. The van der Waals surface area contributed by atoms with Crippen LogP contribution in [0.2, 0.25) is 0 Å². The molecule has 0 spiro atoms. The quantitative estimate of drug-likeness (QED) is 0.797. The predicted molar refractivity (Wildman–Crippen MR) is 61.2 cm³/mol. The molecule has 0 saturated carbocycles. The SMILES string of the molecule is CCN(CCCO)C(=O)c1cnn(C)c1C. The van der Waals surface area contributed by atoms with Crippen LogP contribution in [-0.2, 0) is 7.05 Å². The van der Waals surface area contributed by atoms with Crippen molar-refractivity contribution >= 4 is 5.91 Å². The van der Waals surface area contributed by atoms with Gasteiger partial charge in [-0.15, -0.1) is 0 Å². The zero-order valence-corrected chi connectivity index (χ0v) is 10.1. The van der Waals surface area contributed by atoms with Crippen LogP contribution in [0.1, 0.15) is 29.4 Å². The number of aryl methyl sites for hydroxylation is 1. The number of rotatable bonds is 5. The number of carbonyl (C=O) groups is 1. The van der Waals surface area contributed by atoms with Gasteiger partial charge in [-0.05, 0) is 20.3 Å². The summed E-state index contributed by atoms with van der Waals surface area (Å²) in [6.07, 6.45) is 2.21. The van der Waals surface area contributed by atoms with Gasteiger partial charge in [0.05, 0.1) is 11.8 Å². The number of aliphatic hydroxyl groups excluding tert-OH is 1. The third-order valence-electron chi connectivity index (χ3n) is 2.72. The molecule has 0 unspecified atom stereocenters. The topological polar surface area (TPSA) is 58.4 Å². The lowest BCUT2D eigenvalue weighted by Gasteiger charge is -2.20. The highest BCUT2D eigenvalue weighted by atomic mass is 16.3. The van der Waals surface area contributed by atoms with Gasteiger partial charge in [0, 0.05) is 32.4 Å². The Labute approximate surface area is 95.7 Å². The highest BCUT2D eigenvalue weighted by Gasteiger charge is 2.18. The second kappa shape index (κ2) is 5.65. The van der Waals surface area contributed by atoms with E-state index in [1.165, 1.54) is 0 Å². The first-order valence-corrected chi connectivity index (χ1v) is 5.50. The van der Waals surface area contributed by atoms with E-state index in [0.29, 0.717) is 25.1 Å². The van der Waals surface area contributed by atoms with Crippen LogP contribution in [0.5, 0.6) is 0 Å². The fourth-order valence-corrected chi connectivity index (χ4v) is 1.54. The van der Waals surface area contributed by atoms with Gasteiger partial charge in [-0.2, -0.15) is 5.10 Å². The first-order valence-electron chi connectivity index (χ1n) is 5.50. The normalized spacial score (nSPS) is 10.5. The van der Waals surface area contributed by atoms with E-state index in [2.05, 4.69) is 5.10 Å². The van der Waals surface area contributed by atoms with E-state index in [4.69, 9.17) is 5.11 Å². The van der Waals surface area contributed by atoms with E-state index in [1.807, 2.05) is 20.9 Å². The third-order valence-corrected chi connectivity index (χ3v) is 2.72. The summed E-state index contributed by atoms with van der Waals surface area (Å²) in [4.78, 5) is 13.8. The van der Waals surface area contributed by atoms with Gasteiger partial charge in [0.2, 0.25) is 0 Å². The van der Waals surface area contributed by atoms with E-state index >= 15 is 0 Å². The van der Waals surface area contributed by atoms with Crippen molar-refractivity contribution in [1.82, 2.24) is 14.7 Å². The average molecular weight is 225 g/mol. The minimum atomic E-state index is -0.0125. The van der Waals surface area contributed by atoms with Gasteiger partial charge in [-0.1, -0.05) is 0 Å². The smallest absolute Gasteiger partial charge is 0.257 e. The highest BCUT2D eigenvalue weighted by Crippen LogP contribution is 2.09. The van der Waals surface area contributed by atoms with Gasteiger partial charge < -0.3 is 10.0 Å². The molecule has 0 saturated heterocycles. The summed E-state index contributed by atoms with van der Waals surface area (Å²) in [7, 11) is 1.82. The van der Waals surface area contributed by atoms with Crippen molar-refractivity contribution in [1.29, 1.82) is 0 Å². The summed E-state index contributed by atoms with van der Waals surface area (Å²) in [5.74, 6) is -0.0125. The maximum atomic E-state index is 12.1. The van der Waals surface area contributed by atoms with Gasteiger partial charge in [-0.25, -0.2) is 0 Å². The number of hydrogen-bond acceptors (Lipinski definition) is 3. The molecule has 1 rings (SSSR count). The Kier molecular flexibility index (Phi) is 4.49. The largest absolute Gasteiger partial charge is 0.396 e. The molecule has 0 aromatic carbocycles. The molecule has 0 atom stereocenters. The zero-order chi connectivity index (χ0) is 12.1. The third kappa shape index (κ3) is 2.61. The molecular formula is C11H19N3O2. The minimum Gasteiger partial charge on any atom is -0.396 e. The van der Waals surface area contributed by atoms with Crippen molar-refractivity contribution in [2.75, 3.05) is 19.7 Å². The predicted octanol–water partition coefficient (Wildman–Crippen LogP) is 0.573. The molecule has 0 aliphatic rings. The Bertz CT molecular complexity index is 360. The van der Waals surface area contributed by atoms with Crippen molar-refractivity contribution in [2.24, 2.45) is 7.05 Å². The molecule has 5 heteroatoms. The lowest BCUT2D eigenvalue weighted by Crippen LogP contribution is -2.32. The number of aromatic nitrogens is 2. The molecule has 1 aromatic heterocycles. The molecule has 90 valence electrons. The first kappa shape index (κ1) is 12.7. The molecule has 1 N–H and O–H groups in total. The van der Waals surface area contributed by atoms with Crippen molar-refractivity contribution in [2.45, 2.75) is 20.3 Å². The van der Waals surface area contributed by atoms with E-state index in [0.717, 1.165) is 5.69 Å². The zero-order valence-electron chi connectivity index (χ0n) is 10.1. The second-order valence-corrected chi connectivity index (χ2v) is 3.73. The molecule has 1 aromatic rings. The maximum Gasteiger partial charge on any atom is 0.257 e. The van der Waals surface area contributed by atoms with Crippen LogP contribution in [0.25, 0.3) is 0 Å². The molecule has 1 heterocycles. The number of amides is 1. The first-order chi connectivity index (χ1) is 7.61. The summed E-state index contributed by atoms with van der Waals surface area (Å²) in [6, 6.07) is 0. The number of carbonyl (C=O) groups excluding carboxylic acids is 1. The summed E-state index contributed by atoms with van der Waals surface area (Å²) >= 11 is 0. The van der Waals surface area contributed by atoms with Crippen molar-refractivity contribution < 1.29 is 9.90 Å². The number of aliphatic hydroxyl groups is 1. The number of hydrogen-bond donors (Lipinski definition) is 1. The van der Waals surface area contributed by atoms with Crippen LogP contribution in [0.4, 0.5) is 0 Å². The van der Waals surface area contributed by atoms with Crippen LogP contribution in [-0.4, -0.2) is 45.4 Å². The van der Waals surface area contributed by atoms with Gasteiger partial charge >= 0.3 is 0 Å². The highest BCUT2D eigenvalue weighted by molar-refractivity contribution is 5.95. The van der Waals surface area contributed by atoms with Crippen molar-refractivity contribution in [3.05, 3.63) is 17.5 Å². The lowest BCUT2D eigenvalue weighted by molar-refractivity contribution is 0.0753. The van der Waals surface area contributed by atoms with Gasteiger partial charge in [0.1, 0.15) is 0 Å². The van der Waals surface area contributed by atoms with Crippen LogP contribution in [0, 0.1) is 6.92 Å². The van der Waals surface area contributed by atoms with Crippen molar-refractivity contribution in [3.8, 4) is 0 Å². The van der Waals surface area contributed by atoms with E-state index < -0.39 is 0 Å². The molecule has 1 amide bonds. The van der Waals surface area contributed by atoms with Crippen LogP contribution in [0.3, 0.4) is 0 Å². The van der Waals surface area contributed by atoms with E-state index in [-0.39, 0.29) is 12.5 Å². The molecule has 0 radical (unpaired) electrons. The summed E-state index contributed by atoms with van der Waals surface area (Å²) in [5, 5.41) is 12.8. The molecule has 0 fully saturated rings. The monoisotopic (exact) mass is 225 g/mol. The van der Waals surface area contributed by atoms with Gasteiger partial charge in [0.15, 0.2) is 0 Å². The molecule has 0 aliphatic heterocycles. The Morgan fingerprint density at radius 3 is 2.75 bits per heavy atom. The Balaban J connectivity index is 2.79.